The molecule has 2 bridgehead atoms. The number of aromatic amines is 1. The van der Waals surface area contributed by atoms with E-state index >= 15 is 0 Å². The minimum Gasteiger partial charge on any atom is -0.481 e. The van der Waals surface area contributed by atoms with Crippen LogP contribution in [0.3, 0.4) is 0 Å². The Morgan fingerprint density at radius 3 is 2.85 bits per heavy atom. The van der Waals surface area contributed by atoms with Crippen molar-refractivity contribution in [2.75, 3.05) is 0 Å². The van der Waals surface area contributed by atoms with E-state index in [1.807, 2.05) is 0 Å². The largest absolute Gasteiger partial charge is 0.481 e. The number of hydrogen-bond donors (Lipinski definition) is 2. The molecule has 3 saturated carbocycles. The van der Waals surface area contributed by atoms with Crippen LogP contribution in [0.1, 0.15) is 31.4 Å². The Bertz CT molecular complexity index is 1510. The maximum absolute atomic E-state index is 13.9. The number of halogens is 1. The van der Waals surface area contributed by atoms with E-state index in [9.17, 15) is 14.3 Å². The predicted octanol–water partition coefficient (Wildman–Crippen LogP) is 4.23. The van der Waals surface area contributed by atoms with E-state index in [-0.39, 0.29) is 11.8 Å². The maximum atomic E-state index is 13.9. The van der Waals surface area contributed by atoms with Gasteiger partial charge in [-0.05, 0) is 55.7 Å². The number of rotatable bonds is 4. The first kappa shape index (κ1) is 20.5. The van der Waals surface area contributed by atoms with Crippen LogP contribution in [0.4, 0.5) is 10.2 Å². The SMILES string of the molecule is C#Cc1ccc2c(/N=C\C3C4CCC(CC4)[C@@H]3C(=O)O)nc(-c3c[nH]c4ncc(F)cc34)nn12. The first-order valence-electron chi connectivity index (χ1n) is 11.3. The molecule has 8 nitrogen and oxygen atoms in total. The Labute approximate surface area is 194 Å². The molecule has 3 aliphatic carbocycles. The fourth-order valence-corrected chi connectivity index (χ4v) is 5.70. The molecular formula is C25H21FN6O2. The average molecular weight is 456 g/mol. The molecule has 0 aliphatic heterocycles. The quantitative estimate of drug-likeness (QED) is 0.353. The van der Waals surface area contributed by atoms with Gasteiger partial charge < -0.3 is 10.1 Å². The number of carboxylic acid groups (broad SMARTS) is 1. The molecule has 0 amide bonds. The van der Waals surface area contributed by atoms with Crippen LogP contribution in [0.5, 0.6) is 0 Å². The molecule has 7 rings (SSSR count). The van der Waals surface area contributed by atoms with Gasteiger partial charge in [0.1, 0.15) is 22.7 Å². The van der Waals surface area contributed by atoms with Gasteiger partial charge in [-0.3, -0.25) is 4.79 Å². The zero-order valence-electron chi connectivity index (χ0n) is 18.1. The summed E-state index contributed by atoms with van der Waals surface area (Å²) in [6.45, 7) is 0. The summed E-state index contributed by atoms with van der Waals surface area (Å²) in [4.78, 5) is 28.5. The van der Waals surface area contributed by atoms with Crippen LogP contribution in [0, 0.1) is 41.8 Å². The van der Waals surface area contributed by atoms with Crippen molar-refractivity contribution in [3.63, 3.8) is 0 Å². The van der Waals surface area contributed by atoms with Crippen LogP contribution >= 0.6 is 0 Å². The van der Waals surface area contributed by atoms with Crippen molar-refractivity contribution in [2.24, 2.45) is 28.7 Å². The highest BCUT2D eigenvalue weighted by molar-refractivity contribution is 5.92. The Kier molecular flexibility index (Phi) is 4.69. The molecule has 4 heterocycles. The van der Waals surface area contributed by atoms with Gasteiger partial charge in [0, 0.05) is 29.3 Å². The highest BCUT2D eigenvalue weighted by atomic mass is 19.1. The smallest absolute Gasteiger partial charge is 0.307 e. The second-order valence-electron chi connectivity index (χ2n) is 9.07. The molecular weight excluding hydrogens is 435 g/mol. The summed E-state index contributed by atoms with van der Waals surface area (Å²) in [5.41, 5.74) is 2.22. The summed E-state index contributed by atoms with van der Waals surface area (Å²) in [7, 11) is 0. The number of pyridine rings is 1. The number of fused-ring (bicyclic) bond motifs is 5. The molecule has 2 atom stereocenters. The van der Waals surface area contributed by atoms with Crippen molar-refractivity contribution in [1.29, 1.82) is 0 Å². The van der Waals surface area contributed by atoms with Crippen molar-refractivity contribution < 1.29 is 14.3 Å². The lowest BCUT2D eigenvalue weighted by Gasteiger charge is -2.45. The lowest BCUT2D eigenvalue weighted by atomic mass is 9.59. The van der Waals surface area contributed by atoms with E-state index in [0.717, 1.165) is 31.9 Å². The minimum atomic E-state index is -0.759. The minimum absolute atomic E-state index is 0.142. The fourth-order valence-electron chi connectivity index (χ4n) is 5.70. The Morgan fingerprint density at radius 1 is 1.29 bits per heavy atom. The molecule has 4 aromatic rings. The van der Waals surface area contributed by atoms with Crippen molar-refractivity contribution in [3.8, 4) is 23.7 Å². The van der Waals surface area contributed by atoms with Crippen LogP contribution in [-0.4, -0.2) is 41.9 Å². The van der Waals surface area contributed by atoms with Crippen molar-refractivity contribution >= 4 is 34.6 Å². The van der Waals surface area contributed by atoms with Gasteiger partial charge in [0.2, 0.25) is 0 Å². The molecule has 2 N–H and O–H groups in total. The second-order valence-corrected chi connectivity index (χ2v) is 9.07. The molecule has 0 saturated heterocycles. The molecule has 0 spiro atoms. The standard InChI is InChI=1S/C25H21FN6O2/c1-2-16-7-8-20-24(29-11-18-13-3-5-14(6-4-13)21(18)25(33)34)30-23(31-32(16)20)19-12-28-22-17(19)9-15(26)10-27-22/h1,7-14,18,21H,3-6H2,(H,27,28)(H,33,34)/b29-11-/t13?,14?,18?,21-/m0/s1. The molecule has 34 heavy (non-hydrogen) atoms. The lowest BCUT2D eigenvalue weighted by molar-refractivity contribution is -0.149. The first-order valence-corrected chi connectivity index (χ1v) is 11.3. The third-order valence-electron chi connectivity index (χ3n) is 7.32. The van der Waals surface area contributed by atoms with Gasteiger partial charge in [-0.1, -0.05) is 5.92 Å². The predicted molar refractivity (Wildman–Crippen MR) is 124 cm³/mol. The van der Waals surface area contributed by atoms with Crippen LogP contribution in [0.2, 0.25) is 0 Å². The number of hydrogen-bond acceptors (Lipinski definition) is 5. The van der Waals surface area contributed by atoms with E-state index in [0.29, 0.717) is 45.4 Å². The number of aromatic nitrogens is 5. The molecule has 0 aromatic carbocycles. The van der Waals surface area contributed by atoms with Crippen LogP contribution in [-0.2, 0) is 4.79 Å². The number of H-pyrrole nitrogens is 1. The van der Waals surface area contributed by atoms with Gasteiger partial charge >= 0.3 is 5.97 Å². The number of nitrogens with zero attached hydrogens (tertiary/aromatic N) is 5. The highest BCUT2D eigenvalue weighted by Crippen LogP contribution is 2.48. The van der Waals surface area contributed by atoms with E-state index in [2.05, 4.69) is 26.0 Å². The Hall–Kier alpha value is -4.06. The average Bonchev–Trinajstić information content (AvgIpc) is 3.46. The van der Waals surface area contributed by atoms with Crippen LogP contribution < -0.4 is 0 Å². The van der Waals surface area contributed by atoms with Gasteiger partial charge in [0.15, 0.2) is 11.6 Å². The molecule has 3 fully saturated rings. The summed E-state index contributed by atoms with van der Waals surface area (Å²) in [6, 6.07) is 4.92. The Morgan fingerprint density at radius 2 is 2.09 bits per heavy atom. The zero-order valence-corrected chi connectivity index (χ0v) is 18.1. The monoisotopic (exact) mass is 456 g/mol. The van der Waals surface area contributed by atoms with E-state index in [4.69, 9.17) is 11.4 Å². The summed E-state index contributed by atoms with van der Waals surface area (Å²) in [6.07, 6.45) is 14.2. The van der Waals surface area contributed by atoms with Crippen molar-refractivity contribution in [3.05, 3.63) is 42.1 Å². The summed E-state index contributed by atoms with van der Waals surface area (Å²) < 4.78 is 15.5. The van der Waals surface area contributed by atoms with Gasteiger partial charge in [-0.15, -0.1) is 11.5 Å². The summed E-state index contributed by atoms with van der Waals surface area (Å²) in [5, 5.41) is 15.0. The zero-order chi connectivity index (χ0) is 23.4. The second kappa shape index (κ2) is 7.76. The topological polar surface area (TPSA) is 109 Å². The van der Waals surface area contributed by atoms with Gasteiger partial charge in [-0.25, -0.2) is 23.9 Å². The van der Waals surface area contributed by atoms with Gasteiger partial charge in [0.25, 0.3) is 0 Å². The number of carbonyl (C=O) groups is 1. The normalized spacial score (nSPS) is 24.2. The van der Waals surface area contributed by atoms with Crippen molar-refractivity contribution in [2.45, 2.75) is 25.7 Å². The van der Waals surface area contributed by atoms with Crippen molar-refractivity contribution in [1.82, 2.24) is 24.6 Å². The lowest BCUT2D eigenvalue weighted by Crippen LogP contribution is -2.44. The Balaban J connectivity index is 1.48. The molecule has 0 radical (unpaired) electrons. The van der Waals surface area contributed by atoms with Gasteiger partial charge in [-0.2, -0.15) is 0 Å². The molecule has 3 aliphatic rings. The number of nitrogens with one attached hydrogen (secondary N) is 1. The van der Waals surface area contributed by atoms with Crippen LogP contribution in [0.25, 0.3) is 27.9 Å². The van der Waals surface area contributed by atoms with Gasteiger partial charge in [0.05, 0.1) is 12.1 Å². The third-order valence-corrected chi connectivity index (χ3v) is 7.32. The maximum Gasteiger partial charge on any atom is 0.307 e. The molecule has 4 aromatic heterocycles. The highest BCUT2D eigenvalue weighted by Gasteiger charge is 2.46. The molecule has 9 heteroatoms. The van der Waals surface area contributed by atoms with E-state index in [1.54, 1.807) is 29.1 Å². The molecule has 1 unspecified atom stereocenters. The van der Waals surface area contributed by atoms with Crippen LogP contribution in [0.15, 0.2) is 35.6 Å². The number of aliphatic carboxylic acids is 1. The summed E-state index contributed by atoms with van der Waals surface area (Å²) >= 11 is 0. The molecule has 170 valence electrons. The number of carboxylic acids is 1. The first-order chi connectivity index (χ1) is 16.5. The summed E-state index contributed by atoms with van der Waals surface area (Å²) in [5.74, 6) is 2.01. The third kappa shape index (κ3) is 3.17. The number of aliphatic imine (C=N–C) groups is 1. The van der Waals surface area contributed by atoms with E-state index in [1.165, 1.54) is 6.07 Å². The number of terminal acetylenes is 1. The fraction of sp³-hybridized carbons (Fsp3) is 0.320. The van der Waals surface area contributed by atoms with E-state index < -0.39 is 17.7 Å².